The highest BCUT2D eigenvalue weighted by atomic mass is 32.1. The van der Waals surface area contributed by atoms with Crippen LogP contribution in [0.3, 0.4) is 0 Å². The summed E-state index contributed by atoms with van der Waals surface area (Å²) in [6.45, 7) is 0. The average Bonchev–Trinajstić information content (AvgIpc) is 3.82. The fraction of sp³-hybridized carbons (Fsp3) is 0.0465. The van der Waals surface area contributed by atoms with Crippen LogP contribution in [0.1, 0.15) is 11.4 Å². The Labute approximate surface area is 276 Å². The Morgan fingerprint density at radius 1 is 0.660 bits per heavy atom. The number of furan rings is 1. The number of anilines is 2. The Bertz CT molecular complexity index is 2500. The number of allylic oxidation sites excluding steroid dienone is 2. The average molecular weight is 621 g/mol. The van der Waals surface area contributed by atoms with Crippen LogP contribution < -0.4 is 4.90 Å². The molecule has 47 heavy (non-hydrogen) atoms. The van der Waals surface area contributed by atoms with E-state index in [0.717, 1.165) is 50.4 Å². The van der Waals surface area contributed by atoms with Crippen LogP contribution in [0.2, 0.25) is 0 Å². The Morgan fingerprint density at radius 3 is 2.23 bits per heavy atom. The van der Waals surface area contributed by atoms with Gasteiger partial charge in [0.2, 0.25) is 0 Å². The molecule has 2 aliphatic rings. The molecule has 0 spiro atoms. The molecular formula is C43H28N2OS. The van der Waals surface area contributed by atoms with Gasteiger partial charge in [0.15, 0.2) is 0 Å². The molecule has 0 aliphatic heterocycles. The number of hydrogen-bond acceptors (Lipinski definition) is 4. The zero-order chi connectivity index (χ0) is 30.9. The number of benzene rings is 6. The minimum atomic E-state index is 0.137. The molecule has 0 fully saturated rings. The summed E-state index contributed by atoms with van der Waals surface area (Å²) < 4.78 is 6.18. The first-order valence-electron chi connectivity index (χ1n) is 16.1. The molecule has 10 rings (SSSR count). The van der Waals surface area contributed by atoms with E-state index in [4.69, 9.17) is 9.40 Å². The Kier molecular flexibility index (Phi) is 5.87. The molecule has 1 unspecified atom stereocenters. The molecule has 222 valence electrons. The number of rotatable bonds is 5. The molecule has 2 aliphatic carbocycles. The van der Waals surface area contributed by atoms with Crippen molar-refractivity contribution in [3.63, 3.8) is 0 Å². The lowest BCUT2D eigenvalue weighted by Gasteiger charge is -2.33. The fourth-order valence-corrected chi connectivity index (χ4v) is 8.47. The molecule has 4 heteroatoms. The van der Waals surface area contributed by atoms with Gasteiger partial charge in [-0.3, -0.25) is 0 Å². The quantitative estimate of drug-likeness (QED) is 0.192. The molecule has 0 amide bonds. The molecule has 2 heterocycles. The van der Waals surface area contributed by atoms with E-state index in [1.807, 2.05) is 23.5 Å². The van der Waals surface area contributed by atoms with Gasteiger partial charge in [0.05, 0.1) is 16.6 Å². The number of fused-ring (bicyclic) bond motifs is 6. The SMILES string of the molecule is C1=CC(N(c2ccc(-c3ccccc3)cc2)c2ccc3oc4ccccc4c3c2)CC=C1c1nc2c(s1)-c1cccc3cccc-2c13. The van der Waals surface area contributed by atoms with Crippen LogP contribution in [0.15, 0.2) is 156 Å². The minimum Gasteiger partial charge on any atom is -0.456 e. The first-order chi connectivity index (χ1) is 23.3. The van der Waals surface area contributed by atoms with Crippen molar-refractivity contribution >= 4 is 61.0 Å². The molecule has 1 atom stereocenters. The van der Waals surface area contributed by atoms with Gasteiger partial charge in [-0.2, -0.15) is 0 Å². The van der Waals surface area contributed by atoms with Crippen LogP contribution in [0.25, 0.3) is 71.1 Å². The van der Waals surface area contributed by atoms with Crippen LogP contribution in [0.4, 0.5) is 11.4 Å². The summed E-state index contributed by atoms with van der Waals surface area (Å²) in [4.78, 5) is 8.95. The highest BCUT2D eigenvalue weighted by molar-refractivity contribution is 7.17. The Morgan fingerprint density at radius 2 is 1.40 bits per heavy atom. The lowest BCUT2D eigenvalue weighted by atomic mass is 9.99. The van der Waals surface area contributed by atoms with Gasteiger partial charge in [-0.15, -0.1) is 11.3 Å². The van der Waals surface area contributed by atoms with E-state index in [9.17, 15) is 0 Å². The van der Waals surface area contributed by atoms with Gasteiger partial charge in [-0.1, -0.05) is 115 Å². The van der Waals surface area contributed by atoms with Crippen molar-refractivity contribution in [2.45, 2.75) is 12.5 Å². The maximum Gasteiger partial charge on any atom is 0.135 e. The van der Waals surface area contributed by atoms with Crippen molar-refractivity contribution < 1.29 is 4.42 Å². The summed E-state index contributed by atoms with van der Waals surface area (Å²) in [6.07, 6.45) is 7.85. The maximum atomic E-state index is 6.18. The molecular weight excluding hydrogens is 593 g/mol. The number of hydrogen-bond donors (Lipinski definition) is 0. The summed E-state index contributed by atoms with van der Waals surface area (Å²) >= 11 is 1.81. The topological polar surface area (TPSA) is 29.3 Å². The number of nitrogens with zero attached hydrogens (tertiary/aromatic N) is 2. The summed E-state index contributed by atoms with van der Waals surface area (Å²) in [5.41, 5.74) is 11.4. The maximum absolute atomic E-state index is 6.18. The van der Waals surface area contributed by atoms with Gasteiger partial charge < -0.3 is 9.32 Å². The van der Waals surface area contributed by atoms with Crippen LogP contribution in [0, 0.1) is 0 Å². The lowest BCUT2D eigenvalue weighted by molar-refractivity contribution is 0.669. The van der Waals surface area contributed by atoms with E-state index in [0.29, 0.717) is 0 Å². The summed E-state index contributed by atoms with van der Waals surface area (Å²) in [6, 6.07) is 47.7. The fourth-order valence-electron chi connectivity index (χ4n) is 7.34. The van der Waals surface area contributed by atoms with E-state index in [-0.39, 0.29) is 6.04 Å². The molecule has 0 saturated heterocycles. The minimum absolute atomic E-state index is 0.137. The standard InChI is InChI=1S/C43H28N2OS/c1-2-8-27(9-3-1)28-16-20-31(21-17-28)45(33-24-25-39-37(26-33)34-12-4-5-15-38(34)46-39)32-22-18-30(19-23-32)43-44-41-35-13-6-10-29-11-7-14-36(40(29)35)42(41)47-43/h1-22,24-26,32H,23H2. The second-order valence-electron chi connectivity index (χ2n) is 12.3. The van der Waals surface area contributed by atoms with Gasteiger partial charge in [0.1, 0.15) is 16.2 Å². The molecule has 0 bridgehead atoms. The van der Waals surface area contributed by atoms with Gasteiger partial charge in [-0.05, 0) is 64.7 Å². The molecule has 8 aromatic rings. The summed E-state index contributed by atoms with van der Waals surface area (Å²) in [5.74, 6) is 0. The van der Waals surface area contributed by atoms with Crippen molar-refractivity contribution in [3.8, 4) is 32.8 Å². The van der Waals surface area contributed by atoms with Crippen LogP contribution in [0.5, 0.6) is 0 Å². The van der Waals surface area contributed by atoms with Gasteiger partial charge in [0, 0.05) is 38.8 Å². The second-order valence-corrected chi connectivity index (χ2v) is 13.3. The van der Waals surface area contributed by atoms with Crippen molar-refractivity contribution in [2.75, 3.05) is 4.90 Å². The Balaban J connectivity index is 1.02. The second kappa shape index (κ2) is 10.4. The predicted octanol–water partition coefficient (Wildman–Crippen LogP) is 12.1. The molecule has 0 saturated carbocycles. The molecule has 2 aromatic heterocycles. The number of thiazole rings is 1. The molecule has 6 aromatic carbocycles. The monoisotopic (exact) mass is 620 g/mol. The van der Waals surface area contributed by atoms with Crippen LogP contribution >= 0.6 is 11.3 Å². The van der Waals surface area contributed by atoms with Gasteiger partial charge in [-0.25, -0.2) is 4.98 Å². The third-order valence-electron chi connectivity index (χ3n) is 9.58. The van der Waals surface area contributed by atoms with Gasteiger partial charge >= 0.3 is 0 Å². The largest absolute Gasteiger partial charge is 0.456 e. The summed E-state index contributed by atoms with van der Waals surface area (Å²) in [7, 11) is 0. The summed E-state index contributed by atoms with van der Waals surface area (Å²) in [5, 5.41) is 5.97. The first-order valence-corrected chi connectivity index (χ1v) is 16.9. The van der Waals surface area contributed by atoms with Crippen molar-refractivity contribution in [3.05, 3.63) is 157 Å². The van der Waals surface area contributed by atoms with E-state index in [2.05, 4.69) is 144 Å². The van der Waals surface area contributed by atoms with Crippen LogP contribution in [-0.4, -0.2) is 11.0 Å². The van der Waals surface area contributed by atoms with Crippen LogP contribution in [-0.2, 0) is 0 Å². The lowest BCUT2D eigenvalue weighted by Crippen LogP contribution is -2.30. The normalized spacial score (nSPS) is 15.0. The van der Waals surface area contributed by atoms with E-state index < -0.39 is 0 Å². The van der Waals surface area contributed by atoms with E-state index in [1.165, 1.54) is 43.5 Å². The highest BCUT2D eigenvalue weighted by Gasteiger charge is 2.27. The van der Waals surface area contributed by atoms with Crippen molar-refractivity contribution in [1.29, 1.82) is 0 Å². The van der Waals surface area contributed by atoms with Gasteiger partial charge in [0.25, 0.3) is 0 Å². The Hall–Kier alpha value is -5.71. The van der Waals surface area contributed by atoms with E-state index in [1.54, 1.807) is 0 Å². The molecule has 3 nitrogen and oxygen atoms in total. The van der Waals surface area contributed by atoms with Crippen molar-refractivity contribution in [1.82, 2.24) is 4.98 Å². The third-order valence-corrected chi connectivity index (χ3v) is 10.7. The number of aromatic nitrogens is 1. The zero-order valence-electron chi connectivity index (χ0n) is 25.4. The molecule has 0 N–H and O–H groups in total. The first kappa shape index (κ1) is 26.5. The molecule has 0 radical (unpaired) electrons. The van der Waals surface area contributed by atoms with E-state index >= 15 is 0 Å². The predicted molar refractivity (Wildman–Crippen MR) is 197 cm³/mol. The van der Waals surface area contributed by atoms with Crippen molar-refractivity contribution in [2.24, 2.45) is 0 Å². The zero-order valence-corrected chi connectivity index (χ0v) is 26.2. The highest BCUT2D eigenvalue weighted by Crippen LogP contribution is 2.50. The number of para-hydroxylation sites is 1. The smallest absolute Gasteiger partial charge is 0.135 e. The third kappa shape index (κ3) is 4.22.